The number of para-hydroxylation sites is 1. The van der Waals surface area contributed by atoms with Gasteiger partial charge in [0.2, 0.25) is 0 Å². The highest BCUT2D eigenvalue weighted by atomic mass is 16.6. The minimum Gasteiger partial charge on any atom is -0.380 e. The molecule has 1 N–H and O–H groups in total. The molecular weight excluding hydrogens is 242 g/mol. The van der Waals surface area contributed by atoms with Gasteiger partial charge >= 0.3 is 0 Å². The Hall–Kier alpha value is -1.62. The quantitative estimate of drug-likeness (QED) is 0.579. The topological polar surface area (TPSA) is 58.4 Å². The highest BCUT2D eigenvalue weighted by Crippen LogP contribution is 2.29. The van der Waals surface area contributed by atoms with Crippen molar-refractivity contribution in [2.75, 3.05) is 25.0 Å². The third-order valence-corrected chi connectivity index (χ3v) is 3.06. The van der Waals surface area contributed by atoms with Crippen molar-refractivity contribution in [1.82, 2.24) is 4.90 Å². The Labute approximate surface area is 114 Å². The van der Waals surface area contributed by atoms with E-state index in [1.807, 2.05) is 13.0 Å². The van der Waals surface area contributed by atoms with Crippen LogP contribution < -0.4 is 5.32 Å². The molecule has 0 atom stereocenters. The van der Waals surface area contributed by atoms with Gasteiger partial charge in [-0.05, 0) is 32.0 Å². The van der Waals surface area contributed by atoms with Gasteiger partial charge in [0.15, 0.2) is 0 Å². The summed E-state index contributed by atoms with van der Waals surface area (Å²) in [6.45, 7) is 9.57. The summed E-state index contributed by atoms with van der Waals surface area (Å²) in [5, 5.41) is 14.2. The predicted octanol–water partition coefficient (Wildman–Crippen LogP) is 3.26. The Bertz CT molecular complexity index is 421. The molecule has 0 saturated heterocycles. The normalized spacial score (nSPS) is 10.7. The first-order valence-corrected chi connectivity index (χ1v) is 6.86. The highest BCUT2D eigenvalue weighted by Gasteiger charge is 2.17. The second-order valence-corrected chi connectivity index (χ2v) is 4.47. The molecule has 1 aromatic carbocycles. The summed E-state index contributed by atoms with van der Waals surface area (Å²) in [5.41, 5.74) is 1.81. The Morgan fingerprint density at radius 1 is 1.32 bits per heavy atom. The fourth-order valence-electron chi connectivity index (χ4n) is 2.16. The van der Waals surface area contributed by atoms with Crippen LogP contribution in [0.15, 0.2) is 18.2 Å². The van der Waals surface area contributed by atoms with Crippen LogP contribution in [0.5, 0.6) is 0 Å². The van der Waals surface area contributed by atoms with Crippen LogP contribution in [0.1, 0.15) is 32.8 Å². The predicted molar refractivity (Wildman–Crippen MR) is 78.5 cm³/mol. The third kappa shape index (κ3) is 4.21. The zero-order valence-corrected chi connectivity index (χ0v) is 12.0. The Morgan fingerprint density at radius 2 is 2.05 bits per heavy atom. The molecule has 1 aromatic rings. The number of nitro groups is 1. The van der Waals surface area contributed by atoms with E-state index in [9.17, 15) is 10.1 Å². The lowest BCUT2D eigenvalue weighted by Crippen LogP contribution is -2.24. The smallest absolute Gasteiger partial charge is 0.292 e. The van der Waals surface area contributed by atoms with Crippen LogP contribution in [-0.2, 0) is 6.54 Å². The van der Waals surface area contributed by atoms with Crippen LogP contribution in [0.3, 0.4) is 0 Å². The van der Waals surface area contributed by atoms with Gasteiger partial charge < -0.3 is 5.32 Å². The summed E-state index contributed by atoms with van der Waals surface area (Å²) >= 11 is 0. The first-order chi connectivity index (χ1) is 9.13. The second kappa shape index (κ2) is 7.74. The van der Waals surface area contributed by atoms with Crippen LogP contribution in [0, 0.1) is 10.1 Å². The lowest BCUT2D eigenvalue weighted by Gasteiger charge is -2.21. The van der Waals surface area contributed by atoms with E-state index in [-0.39, 0.29) is 10.6 Å². The maximum absolute atomic E-state index is 11.1. The average molecular weight is 265 g/mol. The summed E-state index contributed by atoms with van der Waals surface area (Å²) in [5.74, 6) is 0. The number of hydrogen-bond donors (Lipinski definition) is 1. The lowest BCUT2D eigenvalue weighted by molar-refractivity contribution is -0.384. The minimum absolute atomic E-state index is 0.159. The molecule has 5 nitrogen and oxygen atoms in total. The van der Waals surface area contributed by atoms with E-state index in [1.165, 1.54) is 0 Å². The van der Waals surface area contributed by atoms with E-state index >= 15 is 0 Å². The van der Waals surface area contributed by atoms with Gasteiger partial charge in [-0.2, -0.15) is 0 Å². The molecule has 0 heterocycles. The van der Waals surface area contributed by atoms with Gasteiger partial charge in [0.05, 0.1) is 4.92 Å². The van der Waals surface area contributed by atoms with E-state index < -0.39 is 0 Å². The number of rotatable bonds is 8. The largest absolute Gasteiger partial charge is 0.380 e. The molecule has 0 bridgehead atoms. The van der Waals surface area contributed by atoms with E-state index in [0.29, 0.717) is 12.2 Å². The fourth-order valence-corrected chi connectivity index (χ4v) is 2.16. The molecule has 0 aliphatic heterocycles. The van der Waals surface area contributed by atoms with Crippen molar-refractivity contribution in [2.45, 2.75) is 33.7 Å². The van der Waals surface area contributed by atoms with E-state index in [1.54, 1.807) is 12.1 Å². The van der Waals surface area contributed by atoms with Crippen LogP contribution in [0.4, 0.5) is 11.4 Å². The van der Waals surface area contributed by atoms with Crippen LogP contribution in [0.25, 0.3) is 0 Å². The fraction of sp³-hybridized carbons (Fsp3) is 0.571. The van der Waals surface area contributed by atoms with Crippen molar-refractivity contribution in [1.29, 1.82) is 0 Å². The van der Waals surface area contributed by atoms with Crippen LogP contribution in [-0.4, -0.2) is 29.5 Å². The molecular formula is C14H23N3O2. The summed E-state index contributed by atoms with van der Waals surface area (Å²) < 4.78 is 0. The van der Waals surface area contributed by atoms with Gasteiger partial charge in [0.1, 0.15) is 5.69 Å². The number of hydrogen-bond acceptors (Lipinski definition) is 4. The summed E-state index contributed by atoms with van der Waals surface area (Å²) in [6.07, 6.45) is 1.08. The number of nitro benzene ring substituents is 1. The maximum atomic E-state index is 11.1. The monoisotopic (exact) mass is 265 g/mol. The first-order valence-electron chi connectivity index (χ1n) is 6.86. The number of nitrogens with zero attached hydrogens (tertiary/aromatic N) is 2. The van der Waals surface area contributed by atoms with Crippen molar-refractivity contribution < 1.29 is 4.92 Å². The van der Waals surface area contributed by atoms with Crippen LogP contribution in [0.2, 0.25) is 0 Å². The molecule has 0 aliphatic rings. The Balaban J connectivity index is 3.04. The SMILES string of the molecule is CCCN(CC)Cc1cccc([N+](=O)[O-])c1NCC. The molecule has 5 heteroatoms. The highest BCUT2D eigenvalue weighted by molar-refractivity contribution is 5.66. The molecule has 106 valence electrons. The van der Waals surface area contributed by atoms with Gasteiger partial charge in [0, 0.05) is 19.2 Å². The first kappa shape index (κ1) is 15.4. The molecule has 0 unspecified atom stereocenters. The van der Waals surface area contributed by atoms with Crippen molar-refractivity contribution in [3.05, 3.63) is 33.9 Å². The summed E-state index contributed by atoms with van der Waals surface area (Å²) in [7, 11) is 0. The number of nitrogens with one attached hydrogen (secondary N) is 1. The van der Waals surface area contributed by atoms with Gasteiger partial charge in [-0.1, -0.05) is 26.0 Å². The molecule has 0 saturated carbocycles. The zero-order valence-electron chi connectivity index (χ0n) is 12.0. The molecule has 0 aliphatic carbocycles. The molecule has 0 spiro atoms. The van der Waals surface area contributed by atoms with E-state index in [2.05, 4.69) is 24.1 Å². The van der Waals surface area contributed by atoms with Gasteiger partial charge in [-0.25, -0.2) is 0 Å². The lowest BCUT2D eigenvalue weighted by atomic mass is 10.1. The van der Waals surface area contributed by atoms with Gasteiger partial charge in [-0.3, -0.25) is 15.0 Å². The molecule has 0 aromatic heterocycles. The van der Waals surface area contributed by atoms with E-state index in [4.69, 9.17) is 0 Å². The van der Waals surface area contributed by atoms with Crippen LogP contribution >= 0.6 is 0 Å². The molecule has 0 fully saturated rings. The summed E-state index contributed by atoms with van der Waals surface area (Å²) in [6, 6.07) is 5.27. The molecule has 0 amide bonds. The van der Waals surface area contributed by atoms with E-state index in [0.717, 1.165) is 31.6 Å². The van der Waals surface area contributed by atoms with Gasteiger partial charge in [0.25, 0.3) is 5.69 Å². The third-order valence-electron chi connectivity index (χ3n) is 3.06. The average Bonchev–Trinajstić information content (AvgIpc) is 2.39. The van der Waals surface area contributed by atoms with Gasteiger partial charge in [-0.15, -0.1) is 0 Å². The maximum Gasteiger partial charge on any atom is 0.292 e. The Kier molecular flexibility index (Phi) is 6.29. The number of anilines is 1. The standard InChI is InChI=1S/C14H23N3O2/c1-4-10-16(6-3)11-12-8-7-9-13(17(18)19)14(12)15-5-2/h7-9,15H,4-6,10-11H2,1-3H3. The molecule has 0 radical (unpaired) electrons. The molecule has 19 heavy (non-hydrogen) atoms. The minimum atomic E-state index is -0.322. The zero-order chi connectivity index (χ0) is 14.3. The van der Waals surface area contributed by atoms with Crippen molar-refractivity contribution in [3.8, 4) is 0 Å². The van der Waals surface area contributed by atoms with Crippen molar-refractivity contribution in [2.24, 2.45) is 0 Å². The van der Waals surface area contributed by atoms with Crippen molar-refractivity contribution in [3.63, 3.8) is 0 Å². The Morgan fingerprint density at radius 3 is 2.58 bits per heavy atom. The number of benzene rings is 1. The summed E-state index contributed by atoms with van der Waals surface area (Å²) in [4.78, 5) is 13.1. The second-order valence-electron chi connectivity index (χ2n) is 4.47. The molecule has 1 rings (SSSR count). The van der Waals surface area contributed by atoms with Crippen molar-refractivity contribution >= 4 is 11.4 Å².